The van der Waals surface area contributed by atoms with Gasteiger partial charge in [-0.3, -0.25) is 28.8 Å². The molecule has 1 aliphatic carbocycles. The molecule has 6 heterocycles. The number of aromatic amines is 1. The molecule has 68 heavy (non-hydrogen) atoms. The molecular weight excluding hydrogens is 902 g/mol. The van der Waals surface area contributed by atoms with E-state index in [1.165, 1.54) is 6.20 Å². The van der Waals surface area contributed by atoms with Crippen molar-refractivity contribution in [2.75, 3.05) is 49.4 Å². The number of carbonyl (C=O) groups excluding carboxylic acids is 4. The number of ether oxygens (including phenoxy) is 1. The number of fused-ring (bicyclic) bond motifs is 2. The molecule has 3 saturated heterocycles. The number of ketones is 1. The molecule has 4 aliphatic heterocycles. The van der Waals surface area contributed by atoms with Gasteiger partial charge in [0, 0.05) is 91.9 Å². The molecule has 5 aromatic rings. The number of halogens is 3. The monoisotopic (exact) mass is 950 g/mol. The highest BCUT2D eigenvalue weighted by Crippen LogP contribution is 2.36. The number of aromatic nitrogens is 2. The highest BCUT2D eigenvalue weighted by Gasteiger charge is 2.44. The number of anilines is 2. The first kappa shape index (κ1) is 45.2. The van der Waals surface area contributed by atoms with Crippen LogP contribution in [0.25, 0.3) is 22.2 Å². The quantitative estimate of drug-likeness (QED) is 0.0863. The van der Waals surface area contributed by atoms with Crippen LogP contribution < -0.4 is 19.7 Å². The van der Waals surface area contributed by atoms with Gasteiger partial charge < -0.3 is 24.8 Å². The lowest BCUT2D eigenvalue weighted by atomic mass is 9.86. The summed E-state index contributed by atoms with van der Waals surface area (Å²) in [5.74, 6) is -3.88. The predicted molar refractivity (Wildman–Crippen MR) is 247 cm³/mol. The van der Waals surface area contributed by atoms with E-state index < -0.39 is 75.4 Å². The molecule has 10 rings (SSSR count). The van der Waals surface area contributed by atoms with Crippen molar-refractivity contribution in [3.8, 4) is 16.9 Å². The van der Waals surface area contributed by atoms with Gasteiger partial charge in [0.05, 0.1) is 22.4 Å². The van der Waals surface area contributed by atoms with Crippen LogP contribution in [0.15, 0.2) is 85.3 Å². The second kappa shape index (κ2) is 17.8. The van der Waals surface area contributed by atoms with Crippen LogP contribution in [0.2, 0.25) is 0 Å². The number of hydrogen-bond acceptors (Lipinski definition) is 10. The molecule has 1 saturated carbocycles. The number of benzene rings is 3. The fourth-order valence-electron chi connectivity index (χ4n) is 10.0. The number of pyridine rings is 1. The molecular formula is C49H49F3N8O7S. The Hall–Kier alpha value is -6.57. The number of imide groups is 1. The fraction of sp³-hybridized carbons (Fsp3) is 0.367. The maximum atomic E-state index is 15.8. The largest absolute Gasteiger partial charge is 0.490 e. The Kier molecular flexibility index (Phi) is 11.9. The third-order valence-electron chi connectivity index (χ3n) is 14.0. The lowest BCUT2D eigenvalue weighted by Gasteiger charge is -2.43. The van der Waals surface area contributed by atoms with E-state index in [-0.39, 0.29) is 35.8 Å². The van der Waals surface area contributed by atoms with Gasteiger partial charge in [0.1, 0.15) is 35.5 Å². The SMILES string of the molecule is C=C1CCC(N2C(=O)c3ccc(OC4CC(N(C)CC5CCN(c6ccc(-c7cnc8[nH]cc(C(=O)c9c(F)ccc(NS(=O)(=O)N%10CC[C@@H](F)C%10)c9F)c8c7)cc6)CC5)C4)cc3C2=O)C(=O)N1. The molecule has 1 unspecified atom stereocenters. The van der Waals surface area contributed by atoms with Crippen molar-refractivity contribution in [2.24, 2.45) is 5.92 Å². The van der Waals surface area contributed by atoms with Gasteiger partial charge in [-0.25, -0.2) is 18.2 Å². The summed E-state index contributed by atoms with van der Waals surface area (Å²) in [5, 5.41) is 2.98. The van der Waals surface area contributed by atoms with Crippen molar-refractivity contribution in [3.63, 3.8) is 0 Å². The summed E-state index contributed by atoms with van der Waals surface area (Å²) in [6.45, 7) is 6.03. The van der Waals surface area contributed by atoms with Gasteiger partial charge >= 0.3 is 10.2 Å². The van der Waals surface area contributed by atoms with E-state index >= 15 is 8.78 Å². The normalized spacial score (nSPS) is 22.5. The molecule has 0 radical (unpaired) electrons. The first-order chi connectivity index (χ1) is 32.6. The molecule has 4 fully saturated rings. The number of carbonyl (C=O) groups is 4. The average Bonchev–Trinajstić information content (AvgIpc) is 4.01. The van der Waals surface area contributed by atoms with Gasteiger partial charge in [-0.05, 0) is 99.2 Å². The highest BCUT2D eigenvalue weighted by atomic mass is 32.2. The van der Waals surface area contributed by atoms with E-state index in [4.69, 9.17) is 4.74 Å². The molecule has 3 aromatic carbocycles. The van der Waals surface area contributed by atoms with Gasteiger partial charge in [0.25, 0.3) is 11.8 Å². The molecule has 2 aromatic heterocycles. The fourth-order valence-corrected chi connectivity index (χ4v) is 11.3. The number of allylic oxidation sites excluding steroid dienone is 1. The van der Waals surface area contributed by atoms with E-state index in [9.17, 15) is 32.0 Å². The zero-order valence-electron chi connectivity index (χ0n) is 37.1. The van der Waals surface area contributed by atoms with Gasteiger partial charge in [-0.2, -0.15) is 12.7 Å². The van der Waals surface area contributed by atoms with Crippen molar-refractivity contribution >= 4 is 56.1 Å². The van der Waals surface area contributed by atoms with Crippen molar-refractivity contribution < 1.29 is 45.5 Å². The van der Waals surface area contributed by atoms with E-state index in [0.29, 0.717) is 52.8 Å². The number of hydrogen-bond donors (Lipinski definition) is 3. The molecule has 15 nitrogen and oxygen atoms in total. The third kappa shape index (κ3) is 8.51. The Morgan fingerprint density at radius 2 is 1.69 bits per heavy atom. The van der Waals surface area contributed by atoms with Crippen LogP contribution in [0, 0.1) is 17.6 Å². The first-order valence-corrected chi connectivity index (χ1v) is 24.2. The minimum absolute atomic E-state index is 0.000193. The van der Waals surface area contributed by atoms with E-state index in [2.05, 4.69) is 38.7 Å². The number of amides is 3. The molecule has 3 N–H and O–H groups in total. The molecule has 354 valence electrons. The third-order valence-corrected chi connectivity index (χ3v) is 15.5. The minimum Gasteiger partial charge on any atom is -0.490 e. The van der Waals surface area contributed by atoms with Crippen LogP contribution in [0.5, 0.6) is 5.75 Å². The van der Waals surface area contributed by atoms with E-state index in [1.54, 1.807) is 30.5 Å². The maximum absolute atomic E-state index is 15.8. The topological polar surface area (TPSA) is 177 Å². The smallest absolute Gasteiger partial charge is 0.301 e. The van der Waals surface area contributed by atoms with Gasteiger partial charge in [0.15, 0.2) is 5.82 Å². The number of nitrogens with zero attached hydrogens (tertiary/aromatic N) is 5. The molecule has 5 aliphatic rings. The lowest BCUT2D eigenvalue weighted by Crippen LogP contribution is -2.51. The first-order valence-electron chi connectivity index (χ1n) is 22.8. The number of nitrogens with one attached hydrogen (secondary N) is 3. The minimum atomic E-state index is -4.36. The zero-order valence-corrected chi connectivity index (χ0v) is 38.0. The number of H-pyrrole nitrogens is 1. The van der Waals surface area contributed by atoms with Crippen molar-refractivity contribution in [1.29, 1.82) is 0 Å². The zero-order chi connectivity index (χ0) is 47.6. The van der Waals surface area contributed by atoms with Crippen LogP contribution in [-0.2, 0) is 15.0 Å². The summed E-state index contributed by atoms with van der Waals surface area (Å²) in [5.41, 5.74) is 2.36. The van der Waals surface area contributed by atoms with Crippen LogP contribution >= 0.6 is 0 Å². The van der Waals surface area contributed by atoms with Gasteiger partial charge in [-0.15, -0.1) is 0 Å². The Bertz CT molecular complexity index is 2990. The summed E-state index contributed by atoms with van der Waals surface area (Å²) in [7, 11) is -2.21. The number of alkyl halides is 1. The van der Waals surface area contributed by atoms with Crippen molar-refractivity contribution in [1.82, 2.24) is 29.4 Å². The van der Waals surface area contributed by atoms with Crippen molar-refractivity contribution in [3.05, 3.63) is 119 Å². The van der Waals surface area contributed by atoms with Crippen LogP contribution in [0.3, 0.4) is 0 Å². The summed E-state index contributed by atoms with van der Waals surface area (Å²) < 4.78 is 79.4. The molecule has 19 heteroatoms. The highest BCUT2D eigenvalue weighted by molar-refractivity contribution is 7.90. The second-order valence-corrected chi connectivity index (χ2v) is 20.1. The average molecular weight is 951 g/mol. The summed E-state index contributed by atoms with van der Waals surface area (Å²) in [4.78, 5) is 65.9. The maximum Gasteiger partial charge on any atom is 0.301 e. The summed E-state index contributed by atoms with van der Waals surface area (Å²) >= 11 is 0. The van der Waals surface area contributed by atoms with Crippen LogP contribution in [0.1, 0.15) is 81.6 Å². The predicted octanol–water partition coefficient (Wildman–Crippen LogP) is 6.59. The lowest BCUT2D eigenvalue weighted by molar-refractivity contribution is -0.125. The number of rotatable bonds is 13. The molecule has 0 bridgehead atoms. The summed E-state index contributed by atoms with van der Waals surface area (Å²) in [6, 6.07) is 15.8. The van der Waals surface area contributed by atoms with Crippen LogP contribution in [0.4, 0.5) is 24.5 Å². The molecule has 2 atom stereocenters. The van der Waals surface area contributed by atoms with Gasteiger partial charge in [-0.1, -0.05) is 18.7 Å². The Balaban J connectivity index is 0.716. The standard InChI is InChI=1S/C49H49F3N8O7S/c1-27-3-12-42(47(62)55-27)60-48(63)36-9-8-34(22-38(36)49(60)64)67-35-20-33(21-35)57(2)25-28-13-16-58(17-14-28)32-6-4-29(5-7-32)30-19-37-39(24-54-46(37)53-23-30)45(61)43-40(51)10-11-41(44(43)52)56-68(65,66)59-18-15-31(50)26-59/h4-11,19,22-24,28,31,33,35,42,56H,1,3,12-18,20-21,25-26H2,2H3,(H,53,54)(H,55,62)/t31-,33?,35?,42?/m1/s1. The second-order valence-electron chi connectivity index (χ2n) is 18.4. The number of piperidine rings is 2. The van der Waals surface area contributed by atoms with E-state index in [1.807, 2.05) is 29.0 Å². The summed E-state index contributed by atoms with van der Waals surface area (Å²) in [6.07, 6.45) is 6.15. The van der Waals surface area contributed by atoms with Crippen LogP contribution in [-0.4, -0.2) is 120 Å². The van der Waals surface area contributed by atoms with Gasteiger partial charge in [0.2, 0.25) is 11.7 Å². The Labute approximate surface area is 390 Å². The molecule has 3 amide bonds. The molecule has 0 spiro atoms. The van der Waals surface area contributed by atoms with Crippen molar-refractivity contribution in [2.45, 2.75) is 69.3 Å². The van der Waals surface area contributed by atoms with E-state index in [0.717, 1.165) is 77.9 Å². The Morgan fingerprint density at radius 3 is 2.41 bits per heavy atom. The Morgan fingerprint density at radius 1 is 0.941 bits per heavy atom.